The van der Waals surface area contributed by atoms with E-state index >= 15 is 0 Å². The number of hydrogen-bond donors (Lipinski definition) is 2. The predicted octanol–water partition coefficient (Wildman–Crippen LogP) is 2.02. The summed E-state index contributed by atoms with van der Waals surface area (Å²) in [6, 6.07) is 5.38. The second-order valence-electron chi connectivity index (χ2n) is 4.00. The lowest BCUT2D eigenvalue weighted by Crippen LogP contribution is -2.25. The number of nitrogens with two attached hydrogens (primary N) is 1. The summed E-state index contributed by atoms with van der Waals surface area (Å²) in [5, 5.41) is 8.86. The fraction of sp³-hybridized carbons (Fsp3) is 0.417. The maximum absolute atomic E-state index is 10.8. The van der Waals surface area contributed by atoms with Crippen LogP contribution in [0.5, 0.6) is 0 Å². The van der Waals surface area contributed by atoms with E-state index in [1.165, 1.54) is 5.56 Å². The average Bonchev–Trinajstić information content (AvgIpc) is 2.19. The fourth-order valence-electron chi connectivity index (χ4n) is 1.41. The van der Waals surface area contributed by atoms with Gasteiger partial charge in [0.1, 0.15) is 0 Å². The molecule has 0 saturated heterocycles. The summed E-state index contributed by atoms with van der Waals surface area (Å²) in [6.45, 7) is 5.64. The van der Waals surface area contributed by atoms with Crippen molar-refractivity contribution in [3.05, 3.63) is 34.9 Å². The Kier molecular flexibility index (Phi) is 3.48. The van der Waals surface area contributed by atoms with E-state index in [2.05, 4.69) is 0 Å². The van der Waals surface area contributed by atoms with Crippen LogP contribution in [0.15, 0.2) is 18.2 Å². The van der Waals surface area contributed by atoms with E-state index in [-0.39, 0.29) is 0 Å². The summed E-state index contributed by atoms with van der Waals surface area (Å²) in [5.74, 6) is -1.42. The maximum atomic E-state index is 10.8. The van der Waals surface area contributed by atoms with Crippen molar-refractivity contribution in [2.45, 2.75) is 26.8 Å². The average molecular weight is 207 g/mol. The summed E-state index contributed by atoms with van der Waals surface area (Å²) in [4.78, 5) is 10.8. The minimum Gasteiger partial charge on any atom is -0.481 e. The summed E-state index contributed by atoms with van der Waals surface area (Å²) in [7, 11) is 0. The van der Waals surface area contributed by atoms with Crippen LogP contribution in [0.4, 0.5) is 0 Å². The summed E-state index contributed by atoms with van der Waals surface area (Å²) in [5.41, 5.74) is 9.09. The van der Waals surface area contributed by atoms with Gasteiger partial charge in [0.2, 0.25) is 0 Å². The molecular weight excluding hydrogens is 190 g/mol. The van der Waals surface area contributed by atoms with E-state index in [1.807, 2.05) is 32.0 Å². The van der Waals surface area contributed by atoms with Gasteiger partial charge in [-0.05, 0) is 30.5 Å². The highest BCUT2D eigenvalue weighted by atomic mass is 16.4. The minimum absolute atomic E-state index is 0.443. The molecule has 1 aromatic rings. The lowest BCUT2D eigenvalue weighted by molar-refractivity contribution is -0.141. The summed E-state index contributed by atoms with van der Waals surface area (Å²) >= 11 is 0. The van der Waals surface area contributed by atoms with Gasteiger partial charge in [0.25, 0.3) is 0 Å². The van der Waals surface area contributed by atoms with Crippen molar-refractivity contribution in [3.63, 3.8) is 0 Å². The molecule has 0 heterocycles. The third kappa shape index (κ3) is 2.57. The van der Waals surface area contributed by atoms with Crippen LogP contribution in [0.1, 0.15) is 29.7 Å². The zero-order chi connectivity index (χ0) is 11.6. The van der Waals surface area contributed by atoms with Crippen molar-refractivity contribution >= 4 is 5.97 Å². The molecule has 1 rings (SSSR count). The molecule has 2 atom stereocenters. The molecule has 0 aliphatic heterocycles. The molecular formula is C12H17NO2. The molecule has 3 heteroatoms. The van der Waals surface area contributed by atoms with Crippen molar-refractivity contribution in [1.29, 1.82) is 0 Å². The highest BCUT2D eigenvalue weighted by molar-refractivity contribution is 5.70. The Hall–Kier alpha value is -1.35. The number of aryl methyl sites for hydroxylation is 2. The lowest BCUT2D eigenvalue weighted by atomic mass is 9.93. The highest BCUT2D eigenvalue weighted by Gasteiger charge is 2.21. The minimum atomic E-state index is -0.860. The highest BCUT2D eigenvalue weighted by Crippen LogP contribution is 2.21. The first-order valence-electron chi connectivity index (χ1n) is 4.99. The number of carboxylic acid groups (broad SMARTS) is 1. The molecule has 82 valence electrons. The van der Waals surface area contributed by atoms with Crippen LogP contribution in [-0.2, 0) is 4.79 Å². The van der Waals surface area contributed by atoms with Crippen LogP contribution < -0.4 is 5.73 Å². The third-order valence-electron chi connectivity index (χ3n) is 2.84. The molecule has 0 bridgehead atoms. The summed E-state index contributed by atoms with van der Waals surface area (Å²) in [6.07, 6.45) is 0. The fourth-order valence-corrected chi connectivity index (χ4v) is 1.41. The molecule has 0 aliphatic carbocycles. The second-order valence-corrected chi connectivity index (χ2v) is 4.00. The topological polar surface area (TPSA) is 63.3 Å². The van der Waals surface area contributed by atoms with Gasteiger partial charge in [0.15, 0.2) is 0 Å². The molecule has 2 unspecified atom stereocenters. The molecule has 0 fully saturated rings. The van der Waals surface area contributed by atoms with Gasteiger partial charge < -0.3 is 10.8 Å². The van der Waals surface area contributed by atoms with Crippen molar-refractivity contribution in [2.24, 2.45) is 11.7 Å². The van der Waals surface area contributed by atoms with Crippen molar-refractivity contribution < 1.29 is 9.90 Å². The Labute approximate surface area is 89.9 Å². The van der Waals surface area contributed by atoms with Gasteiger partial charge >= 0.3 is 5.97 Å². The van der Waals surface area contributed by atoms with Crippen LogP contribution in [0.3, 0.4) is 0 Å². The molecule has 0 saturated carbocycles. The predicted molar refractivity (Wildman–Crippen MR) is 59.6 cm³/mol. The summed E-state index contributed by atoms with van der Waals surface area (Å²) < 4.78 is 0. The molecule has 15 heavy (non-hydrogen) atoms. The largest absolute Gasteiger partial charge is 0.481 e. The molecule has 0 aromatic heterocycles. The van der Waals surface area contributed by atoms with E-state index in [9.17, 15) is 4.79 Å². The van der Waals surface area contributed by atoms with Gasteiger partial charge in [0.05, 0.1) is 5.92 Å². The first-order chi connectivity index (χ1) is 6.93. The zero-order valence-corrected chi connectivity index (χ0v) is 9.32. The number of carbonyl (C=O) groups is 1. The Morgan fingerprint density at radius 2 is 1.93 bits per heavy atom. The SMILES string of the molecule is Cc1ccc(C(N)C(C)C(=O)O)cc1C. The Bertz CT molecular complexity index is 374. The molecule has 3 N–H and O–H groups in total. The Balaban J connectivity index is 2.96. The molecule has 1 aromatic carbocycles. The smallest absolute Gasteiger partial charge is 0.308 e. The van der Waals surface area contributed by atoms with Crippen LogP contribution in [0, 0.1) is 19.8 Å². The molecule has 3 nitrogen and oxygen atoms in total. The normalized spacial score (nSPS) is 14.7. The van der Waals surface area contributed by atoms with Gasteiger partial charge in [-0.25, -0.2) is 0 Å². The standard InChI is InChI=1S/C12H17NO2/c1-7-4-5-10(6-8(7)2)11(13)9(3)12(14)15/h4-6,9,11H,13H2,1-3H3,(H,14,15). The number of rotatable bonds is 3. The van der Waals surface area contributed by atoms with Crippen LogP contribution >= 0.6 is 0 Å². The van der Waals surface area contributed by atoms with Crippen LogP contribution in [-0.4, -0.2) is 11.1 Å². The third-order valence-corrected chi connectivity index (χ3v) is 2.84. The number of hydrogen-bond acceptors (Lipinski definition) is 2. The molecule has 0 radical (unpaired) electrons. The number of carboxylic acids is 1. The van der Waals surface area contributed by atoms with Gasteiger partial charge in [-0.1, -0.05) is 25.1 Å². The van der Waals surface area contributed by atoms with E-state index in [0.717, 1.165) is 11.1 Å². The van der Waals surface area contributed by atoms with Gasteiger partial charge in [-0.3, -0.25) is 4.79 Å². The van der Waals surface area contributed by atoms with Crippen molar-refractivity contribution in [2.75, 3.05) is 0 Å². The molecule has 0 spiro atoms. The first-order valence-corrected chi connectivity index (χ1v) is 4.99. The van der Waals surface area contributed by atoms with Crippen LogP contribution in [0.2, 0.25) is 0 Å². The monoisotopic (exact) mass is 207 g/mol. The van der Waals surface area contributed by atoms with E-state index in [0.29, 0.717) is 0 Å². The van der Waals surface area contributed by atoms with Gasteiger partial charge in [0, 0.05) is 6.04 Å². The van der Waals surface area contributed by atoms with E-state index in [4.69, 9.17) is 10.8 Å². The van der Waals surface area contributed by atoms with E-state index in [1.54, 1.807) is 6.92 Å². The first kappa shape index (κ1) is 11.7. The van der Waals surface area contributed by atoms with Crippen molar-refractivity contribution in [3.8, 4) is 0 Å². The quantitative estimate of drug-likeness (QED) is 0.797. The lowest BCUT2D eigenvalue weighted by Gasteiger charge is -2.17. The van der Waals surface area contributed by atoms with Gasteiger partial charge in [-0.15, -0.1) is 0 Å². The Morgan fingerprint density at radius 3 is 2.40 bits per heavy atom. The second kappa shape index (κ2) is 4.45. The molecule has 0 amide bonds. The number of benzene rings is 1. The zero-order valence-electron chi connectivity index (χ0n) is 9.32. The van der Waals surface area contributed by atoms with Crippen LogP contribution in [0.25, 0.3) is 0 Å². The molecule has 0 aliphatic rings. The van der Waals surface area contributed by atoms with Crippen molar-refractivity contribution in [1.82, 2.24) is 0 Å². The van der Waals surface area contributed by atoms with E-state index < -0.39 is 17.9 Å². The number of aliphatic carboxylic acids is 1. The van der Waals surface area contributed by atoms with Gasteiger partial charge in [-0.2, -0.15) is 0 Å². The Morgan fingerprint density at radius 1 is 1.33 bits per heavy atom. The maximum Gasteiger partial charge on any atom is 0.308 e.